The number of nitrogens with two attached hydrogens (primary N) is 1. The van der Waals surface area contributed by atoms with Crippen LogP contribution in [0.3, 0.4) is 0 Å². The van der Waals surface area contributed by atoms with Gasteiger partial charge in [-0.1, -0.05) is 0 Å². The van der Waals surface area contributed by atoms with Crippen molar-refractivity contribution in [1.29, 1.82) is 0 Å². The Kier molecular flexibility index (Phi) is 5.09. The minimum absolute atomic E-state index is 0. The average molecular weight is 258 g/mol. The second kappa shape index (κ2) is 6.12. The molecule has 0 heterocycles. The summed E-state index contributed by atoms with van der Waals surface area (Å²) in [6, 6.07) is 2.08. The van der Waals surface area contributed by atoms with E-state index in [0.29, 0.717) is 6.54 Å². The predicted molar refractivity (Wildman–Crippen MR) is 71.6 cm³/mol. The Morgan fingerprint density at radius 1 is 1.18 bits per heavy atom. The van der Waals surface area contributed by atoms with E-state index < -0.39 is 0 Å². The number of methoxy groups -OCH3 is 2. The van der Waals surface area contributed by atoms with Crippen LogP contribution in [0.15, 0.2) is 6.07 Å². The SMILES string of the molecule is COc1cc(CCN)c(OC)c2c1CCC2.Cl. The second-order valence-electron chi connectivity index (χ2n) is 4.12. The van der Waals surface area contributed by atoms with Crippen LogP contribution in [0.1, 0.15) is 23.1 Å². The van der Waals surface area contributed by atoms with Gasteiger partial charge in [0.2, 0.25) is 0 Å². The maximum absolute atomic E-state index is 5.62. The molecule has 2 rings (SSSR count). The topological polar surface area (TPSA) is 44.5 Å². The highest BCUT2D eigenvalue weighted by molar-refractivity contribution is 5.85. The van der Waals surface area contributed by atoms with Crippen LogP contribution in [0.2, 0.25) is 0 Å². The van der Waals surface area contributed by atoms with Crippen LogP contribution in [0.5, 0.6) is 11.5 Å². The molecule has 2 N–H and O–H groups in total. The summed E-state index contributed by atoms with van der Waals surface area (Å²) in [5, 5.41) is 0. The lowest BCUT2D eigenvalue weighted by Crippen LogP contribution is -2.07. The summed E-state index contributed by atoms with van der Waals surface area (Å²) >= 11 is 0. The average Bonchev–Trinajstić information content (AvgIpc) is 2.77. The van der Waals surface area contributed by atoms with Crippen molar-refractivity contribution in [2.45, 2.75) is 25.7 Å². The molecule has 0 amide bonds. The molecule has 0 unspecified atom stereocenters. The summed E-state index contributed by atoms with van der Waals surface area (Å²) in [4.78, 5) is 0. The smallest absolute Gasteiger partial charge is 0.125 e. The van der Waals surface area contributed by atoms with Crippen molar-refractivity contribution in [2.75, 3.05) is 20.8 Å². The maximum atomic E-state index is 5.62. The largest absolute Gasteiger partial charge is 0.496 e. The standard InChI is InChI=1S/C13H19NO2.ClH/c1-15-12-8-9(6-7-14)13(16-2)11-5-3-4-10(11)12;/h8H,3-7,14H2,1-2H3;1H. The molecule has 3 nitrogen and oxygen atoms in total. The van der Waals surface area contributed by atoms with E-state index in [2.05, 4.69) is 6.07 Å². The highest BCUT2D eigenvalue weighted by Crippen LogP contribution is 2.39. The van der Waals surface area contributed by atoms with E-state index in [4.69, 9.17) is 15.2 Å². The predicted octanol–water partition coefficient (Wildman–Crippen LogP) is 2.12. The van der Waals surface area contributed by atoms with E-state index in [1.165, 1.54) is 23.1 Å². The van der Waals surface area contributed by atoms with Crippen molar-refractivity contribution in [3.8, 4) is 11.5 Å². The van der Waals surface area contributed by atoms with Crippen LogP contribution in [0.25, 0.3) is 0 Å². The number of hydrogen-bond donors (Lipinski definition) is 1. The van der Waals surface area contributed by atoms with Crippen LogP contribution < -0.4 is 15.2 Å². The quantitative estimate of drug-likeness (QED) is 0.899. The first-order valence-electron chi connectivity index (χ1n) is 5.77. The first-order chi connectivity index (χ1) is 7.81. The van der Waals surface area contributed by atoms with Gasteiger partial charge in [0, 0.05) is 11.1 Å². The van der Waals surface area contributed by atoms with Gasteiger partial charge >= 0.3 is 0 Å². The minimum atomic E-state index is 0. The summed E-state index contributed by atoms with van der Waals surface area (Å²) in [6.07, 6.45) is 4.21. The van der Waals surface area contributed by atoms with Crippen molar-refractivity contribution in [2.24, 2.45) is 5.73 Å². The van der Waals surface area contributed by atoms with Gasteiger partial charge in [0.05, 0.1) is 14.2 Å². The molecule has 1 aromatic rings. The van der Waals surface area contributed by atoms with Gasteiger partial charge in [0.15, 0.2) is 0 Å². The van der Waals surface area contributed by atoms with Crippen LogP contribution in [-0.2, 0) is 19.3 Å². The molecule has 0 aromatic heterocycles. The van der Waals surface area contributed by atoms with E-state index in [9.17, 15) is 0 Å². The Bertz CT molecular complexity index is 393. The molecule has 4 heteroatoms. The molecule has 0 saturated heterocycles. The monoisotopic (exact) mass is 257 g/mol. The lowest BCUT2D eigenvalue weighted by Gasteiger charge is -2.16. The van der Waals surface area contributed by atoms with Gasteiger partial charge in [0.1, 0.15) is 11.5 Å². The highest BCUT2D eigenvalue weighted by Gasteiger charge is 2.22. The lowest BCUT2D eigenvalue weighted by molar-refractivity contribution is 0.393. The fraction of sp³-hybridized carbons (Fsp3) is 0.538. The number of halogens is 1. The summed E-state index contributed by atoms with van der Waals surface area (Å²) in [5.74, 6) is 2.02. The zero-order valence-electron chi connectivity index (χ0n) is 10.4. The number of ether oxygens (including phenoxy) is 2. The third-order valence-corrected chi connectivity index (χ3v) is 3.22. The van der Waals surface area contributed by atoms with E-state index >= 15 is 0 Å². The normalized spacial score (nSPS) is 12.9. The zero-order valence-corrected chi connectivity index (χ0v) is 11.2. The van der Waals surface area contributed by atoms with Gasteiger partial charge in [0.25, 0.3) is 0 Å². The molecule has 0 bridgehead atoms. The van der Waals surface area contributed by atoms with Gasteiger partial charge in [-0.05, 0) is 43.9 Å². The Morgan fingerprint density at radius 2 is 1.88 bits per heavy atom. The van der Waals surface area contributed by atoms with Crippen molar-refractivity contribution in [1.82, 2.24) is 0 Å². The molecule has 17 heavy (non-hydrogen) atoms. The molecule has 0 spiro atoms. The fourth-order valence-corrected chi connectivity index (χ4v) is 2.55. The fourth-order valence-electron chi connectivity index (χ4n) is 2.55. The highest BCUT2D eigenvalue weighted by atomic mass is 35.5. The summed E-state index contributed by atoms with van der Waals surface area (Å²) in [5.41, 5.74) is 9.44. The van der Waals surface area contributed by atoms with Gasteiger partial charge in [-0.25, -0.2) is 0 Å². The summed E-state index contributed by atoms with van der Waals surface area (Å²) in [7, 11) is 3.47. The Balaban J connectivity index is 0.00000144. The van der Waals surface area contributed by atoms with E-state index in [1.54, 1.807) is 14.2 Å². The molecule has 1 aliphatic rings. The minimum Gasteiger partial charge on any atom is -0.496 e. The molecule has 0 fully saturated rings. The molecule has 0 saturated carbocycles. The van der Waals surface area contributed by atoms with E-state index in [1.807, 2.05) is 0 Å². The van der Waals surface area contributed by atoms with Gasteiger partial charge in [-0.15, -0.1) is 12.4 Å². The maximum Gasteiger partial charge on any atom is 0.125 e. The first kappa shape index (κ1) is 14.1. The Hall–Kier alpha value is -0.930. The summed E-state index contributed by atoms with van der Waals surface area (Å²) in [6.45, 7) is 0.637. The van der Waals surface area contributed by atoms with Crippen LogP contribution in [0, 0.1) is 0 Å². The molecule has 1 aliphatic carbocycles. The van der Waals surface area contributed by atoms with Gasteiger partial charge in [-0.3, -0.25) is 0 Å². The van der Waals surface area contributed by atoms with Crippen molar-refractivity contribution in [3.05, 3.63) is 22.8 Å². The third-order valence-electron chi connectivity index (χ3n) is 3.22. The third kappa shape index (κ3) is 2.50. The number of rotatable bonds is 4. The number of benzene rings is 1. The second-order valence-corrected chi connectivity index (χ2v) is 4.12. The van der Waals surface area contributed by atoms with E-state index in [-0.39, 0.29) is 12.4 Å². The van der Waals surface area contributed by atoms with Crippen LogP contribution >= 0.6 is 12.4 Å². The summed E-state index contributed by atoms with van der Waals surface area (Å²) < 4.78 is 11.0. The number of hydrogen-bond acceptors (Lipinski definition) is 3. The van der Waals surface area contributed by atoms with Crippen LogP contribution in [-0.4, -0.2) is 20.8 Å². The zero-order chi connectivity index (χ0) is 11.5. The molecule has 0 aliphatic heterocycles. The first-order valence-corrected chi connectivity index (χ1v) is 5.77. The van der Waals surface area contributed by atoms with Gasteiger partial charge < -0.3 is 15.2 Å². The number of fused-ring (bicyclic) bond motifs is 1. The molecular weight excluding hydrogens is 238 g/mol. The van der Waals surface area contributed by atoms with Crippen molar-refractivity contribution < 1.29 is 9.47 Å². The van der Waals surface area contributed by atoms with Crippen molar-refractivity contribution >= 4 is 12.4 Å². The lowest BCUT2D eigenvalue weighted by atomic mass is 10.0. The molecule has 1 aromatic carbocycles. The van der Waals surface area contributed by atoms with Gasteiger partial charge in [-0.2, -0.15) is 0 Å². The van der Waals surface area contributed by atoms with E-state index in [0.717, 1.165) is 30.8 Å². The molecule has 0 radical (unpaired) electrons. The van der Waals surface area contributed by atoms with Crippen LogP contribution in [0.4, 0.5) is 0 Å². The Morgan fingerprint density at radius 3 is 2.47 bits per heavy atom. The Labute approximate surface area is 109 Å². The molecule has 96 valence electrons. The molecular formula is C13H20ClNO2. The molecule has 0 atom stereocenters. The van der Waals surface area contributed by atoms with Crippen molar-refractivity contribution in [3.63, 3.8) is 0 Å².